The first-order valence-electron chi connectivity index (χ1n) is 9.72. The summed E-state index contributed by atoms with van der Waals surface area (Å²) in [7, 11) is -3.86. The lowest BCUT2D eigenvalue weighted by Crippen LogP contribution is -2.56. The zero-order chi connectivity index (χ0) is 21.0. The molecule has 0 unspecified atom stereocenters. The number of ether oxygens (including phenoxy) is 2. The van der Waals surface area contributed by atoms with Crippen LogP contribution >= 0.6 is 0 Å². The standard InChI is InChI=1S/C18H27N3O7S/c1-3-27-18(23)15-4-5-16(28-15)29(24,25)21-8-6-19(7-9-21)14(2)17(22)20-10-12-26-13-11-20/h4-5,14H,3,6-13H2,1-2H3/t14-/m1/s1. The van der Waals surface area contributed by atoms with Crippen molar-refractivity contribution in [2.75, 3.05) is 59.1 Å². The molecule has 1 atom stereocenters. The molecular formula is C18H27N3O7S. The summed E-state index contributed by atoms with van der Waals surface area (Å²) in [5.41, 5.74) is 0. The zero-order valence-electron chi connectivity index (χ0n) is 16.7. The van der Waals surface area contributed by atoms with Crippen molar-refractivity contribution in [3.63, 3.8) is 0 Å². The fourth-order valence-corrected chi connectivity index (χ4v) is 4.77. The van der Waals surface area contributed by atoms with E-state index in [-0.39, 0.29) is 42.5 Å². The van der Waals surface area contributed by atoms with E-state index < -0.39 is 16.0 Å². The van der Waals surface area contributed by atoms with E-state index >= 15 is 0 Å². The number of rotatable bonds is 6. The highest BCUT2D eigenvalue weighted by molar-refractivity contribution is 7.89. The van der Waals surface area contributed by atoms with E-state index in [1.165, 1.54) is 16.4 Å². The van der Waals surface area contributed by atoms with Crippen LogP contribution in [-0.2, 0) is 24.3 Å². The Bertz CT molecular complexity index is 824. The van der Waals surface area contributed by atoms with Gasteiger partial charge >= 0.3 is 5.97 Å². The Labute approximate surface area is 170 Å². The molecule has 2 saturated heterocycles. The van der Waals surface area contributed by atoms with Gasteiger partial charge in [-0.25, -0.2) is 13.2 Å². The predicted molar refractivity (Wildman–Crippen MR) is 102 cm³/mol. The minimum atomic E-state index is -3.86. The van der Waals surface area contributed by atoms with Crippen LogP contribution in [0.4, 0.5) is 0 Å². The Morgan fingerprint density at radius 1 is 1.10 bits per heavy atom. The number of carbonyl (C=O) groups is 2. The molecule has 11 heteroatoms. The van der Waals surface area contributed by atoms with E-state index in [9.17, 15) is 18.0 Å². The van der Waals surface area contributed by atoms with Crippen LogP contribution in [0.5, 0.6) is 0 Å². The van der Waals surface area contributed by atoms with Gasteiger partial charge in [-0.15, -0.1) is 0 Å². The largest absolute Gasteiger partial charge is 0.460 e. The number of furan rings is 1. The van der Waals surface area contributed by atoms with Crippen LogP contribution in [0.1, 0.15) is 24.4 Å². The summed E-state index contributed by atoms with van der Waals surface area (Å²) in [6.07, 6.45) is 0. The first-order valence-corrected chi connectivity index (χ1v) is 11.2. The fourth-order valence-electron chi connectivity index (χ4n) is 3.43. The number of sulfonamides is 1. The lowest BCUT2D eigenvalue weighted by atomic mass is 10.2. The average Bonchev–Trinajstić information content (AvgIpc) is 3.25. The summed E-state index contributed by atoms with van der Waals surface area (Å²) < 4.78 is 42.2. The Morgan fingerprint density at radius 2 is 1.76 bits per heavy atom. The second-order valence-corrected chi connectivity index (χ2v) is 8.76. The topological polar surface area (TPSA) is 110 Å². The third kappa shape index (κ3) is 4.80. The SMILES string of the molecule is CCOC(=O)c1ccc(S(=O)(=O)N2CCN([C@H](C)C(=O)N3CCOCC3)CC2)o1. The molecule has 1 aromatic heterocycles. The molecule has 3 rings (SSSR count). The fraction of sp³-hybridized carbons (Fsp3) is 0.667. The highest BCUT2D eigenvalue weighted by atomic mass is 32.2. The number of morpholine rings is 1. The van der Waals surface area contributed by atoms with Crippen LogP contribution in [0.15, 0.2) is 21.6 Å². The molecule has 162 valence electrons. The molecule has 29 heavy (non-hydrogen) atoms. The van der Waals surface area contributed by atoms with Crippen LogP contribution in [0.25, 0.3) is 0 Å². The number of piperazine rings is 1. The number of amides is 1. The Balaban J connectivity index is 1.59. The van der Waals surface area contributed by atoms with Gasteiger partial charge in [0.25, 0.3) is 10.0 Å². The second-order valence-electron chi connectivity index (χ2n) is 6.89. The molecule has 0 aromatic carbocycles. The maximum atomic E-state index is 12.8. The van der Waals surface area contributed by atoms with Crippen molar-refractivity contribution in [1.82, 2.24) is 14.1 Å². The molecule has 0 spiro atoms. The van der Waals surface area contributed by atoms with E-state index in [1.807, 2.05) is 11.8 Å². The zero-order valence-corrected chi connectivity index (χ0v) is 17.5. The second kappa shape index (κ2) is 9.24. The van der Waals surface area contributed by atoms with Crippen molar-refractivity contribution < 1.29 is 31.9 Å². The van der Waals surface area contributed by atoms with Crippen molar-refractivity contribution in [2.24, 2.45) is 0 Å². The molecule has 2 aliphatic rings. The van der Waals surface area contributed by atoms with Gasteiger partial charge in [-0.3, -0.25) is 9.69 Å². The van der Waals surface area contributed by atoms with E-state index in [0.717, 1.165) is 0 Å². The Kier molecular flexibility index (Phi) is 6.93. The molecule has 0 radical (unpaired) electrons. The molecule has 1 amide bonds. The summed E-state index contributed by atoms with van der Waals surface area (Å²) in [5, 5.41) is -0.286. The minimum absolute atomic E-state index is 0.0368. The summed E-state index contributed by atoms with van der Waals surface area (Å²) >= 11 is 0. The monoisotopic (exact) mass is 429 g/mol. The van der Waals surface area contributed by atoms with Crippen molar-refractivity contribution >= 4 is 21.9 Å². The van der Waals surface area contributed by atoms with Crippen LogP contribution in [0.2, 0.25) is 0 Å². The number of esters is 1. The van der Waals surface area contributed by atoms with Gasteiger partial charge in [0.1, 0.15) is 0 Å². The molecule has 2 fully saturated rings. The van der Waals surface area contributed by atoms with Gasteiger partial charge in [0.15, 0.2) is 0 Å². The Morgan fingerprint density at radius 3 is 2.38 bits per heavy atom. The van der Waals surface area contributed by atoms with Gasteiger partial charge in [0, 0.05) is 39.3 Å². The van der Waals surface area contributed by atoms with Gasteiger partial charge < -0.3 is 18.8 Å². The third-order valence-electron chi connectivity index (χ3n) is 5.15. The number of carbonyl (C=O) groups excluding carboxylic acids is 2. The van der Waals surface area contributed by atoms with E-state index in [4.69, 9.17) is 13.9 Å². The van der Waals surface area contributed by atoms with E-state index in [1.54, 1.807) is 11.8 Å². The summed E-state index contributed by atoms with van der Waals surface area (Å²) in [4.78, 5) is 28.1. The Hall–Kier alpha value is -1.95. The average molecular weight is 429 g/mol. The van der Waals surface area contributed by atoms with Crippen molar-refractivity contribution in [3.05, 3.63) is 17.9 Å². The number of hydrogen-bond donors (Lipinski definition) is 0. The number of hydrogen-bond acceptors (Lipinski definition) is 8. The normalized spacial score (nSPS) is 20.4. The lowest BCUT2D eigenvalue weighted by molar-refractivity contribution is -0.141. The summed E-state index contributed by atoms with van der Waals surface area (Å²) in [5.74, 6) is -0.808. The van der Waals surface area contributed by atoms with Gasteiger partial charge in [-0.1, -0.05) is 0 Å². The van der Waals surface area contributed by atoms with Crippen molar-refractivity contribution in [2.45, 2.75) is 25.0 Å². The summed E-state index contributed by atoms with van der Waals surface area (Å²) in [6, 6.07) is 2.24. The molecular weight excluding hydrogens is 402 g/mol. The quantitative estimate of drug-likeness (QED) is 0.582. The first-order chi connectivity index (χ1) is 13.8. The minimum Gasteiger partial charge on any atom is -0.460 e. The van der Waals surface area contributed by atoms with Crippen molar-refractivity contribution in [1.29, 1.82) is 0 Å². The van der Waals surface area contributed by atoms with Gasteiger partial charge in [-0.05, 0) is 26.0 Å². The molecule has 0 N–H and O–H groups in total. The maximum absolute atomic E-state index is 12.8. The summed E-state index contributed by atoms with van der Waals surface area (Å²) in [6.45, 7) is 7.26. The molecule has 3 heterocycles. The lowest BCUT2D eigenvalue weighted by Gasteiger charge is -2.38. The molecule has 0 aliphatic carbocycles. The van der Waals surface area contributed by atoms with Gasteiger partial charge in [0.2, 0.25) is 16.8 Å². The van der Waals surface area contributed by atoms with E-state index in [2.05, 4.69) is 0 Å². The molecule has 1 aromatic rings. The maximum Gasteiger partial charge on any atom is 0.374 e. The highest BCUT2D eigenvalue weighted by Crippen LogP contribution is 2.21. The molecule has 0 bridgehead atoms. The smallest absolute Gasteiger partial charge is 0.374 e. The molecule has 0 saturated carbocycles. The third-order valence-corrected chi connectivity index (χ3v) is 6.93. The first kappa shape index (κ1) is 21.8. The number of nitrogens with zero attached hydrogens (tertiary/aromatic N) is 3. The molecule has 10 nitrogen and oxygen atoms in total. The van der Waals surface area contributed by atoms with Gasteiger partial charge in [-0.2, -0.15) is 4.31 Å². The van der Waals surface area contributed by atoms with Crippen LogP contribution < -0.4 is 0 Å². The van der Waals surface area contributed by atoms with E-state index in [0.29, 0.717) is 39.4 Å². The van der Waals surface area contributed by atoms with Crippen LogP contribution in [0.3, 0.4) is 0 Å². The van der Waals surface area contributed by atoms with Crippen LogP contribution in [-0.4, -0.2) is 99.5 Å². The van der Waals surface area contributed by atoms with Crippen molar-refractivity contribution in [3.8, 4) is 0 Å². The predicted octanol–water partition coefficient (Wildman–Crippen LogP) is 0.00990. The van der Waals surface area contributed by atoms with Gasteiger partial charge in [0.05, 0.1) is 25.9 Å². The molecule has 2 aliphatic heterocycles. The highest BCUT2D eigenvalue weighted by Gasteiger charge is 2.35. The van der Waals surface area contributed by atoms with Crippen LogP contribution in [0, 0.1) is 0 Å².